The van der Waals surface area contributed by atoms with Gasteiger partial charge in [-0.05, 0) is 56.2 Å². The lowest BCUT2D eigenvalue weighted by Gasteiger charge is -2.19. The lowest BCUT2D eigenvalue weighted by molar-refractivity contribution is 0.0635. The van der Waals surface area contributed by atoms with Crippen molar-refractivity contribution in [3.63, 3.8) is 0 Å². The smallest absolute Gasteiger partial charge is 0.413 e. The molecule has 2 aromatic heterocycles. The van der Waals surface area contributed by atoms with Crippen molar-refractivity contribution in [2.45, 2.75) is 46.9 Å². The molecule has 0 aliphatic rings. The standard InChI is InChI=1S/C11H17N3O2.C6H9N3.CH4.ClH/c1-11(2,3)16-10(15)14-9-6-8(7-12)4-5-13-9;7-4-5-1-2-9-6(8)3-5;;/h4-6H,7,12H2,1-3H3,(H,13,14,15);1-3H,4,7H2,(H2,8,9);1H4;1H. The maximum atomic E-state index is 11.4. The number of anilines is 2. The van der Waals surface area contributed by atoms with Crippen LogP contribution in [0.25, 0.3) is 0 Å². The van der Waals surface area contributed by atoms with Crippen LogP contribution in [0.15, 0.2) is 36.7 Å². The van der Waals surface area contributed by atoms with Gasteiger partial charge in [0.2, 0.25) is 0 Å². The van der Waals surface area contributed by atoms with Gasteiger partial charge in [-0.1, -0.05) is 7.43 Å². The van der Waals surface area contributed by atoms with Crippen molar-refractivity contribution in [3.05, 3.63) is 47.8 Å². The van der Waals surface area contributed by atoms with E-state index >= 15 is 0 Å². The number of hydrogen-bond acceptors (Lipinski definition) is 7. The van der Waals surface area contributed by atoms with E-state index < -0.39 is 11.7 Å². The summed E-state index contributed by atoms with van der Waals surface area (Å²) in [5, 5.41) is 2.55. The zero-order valence-electron chi connectivity index (χ0n) is 15.2. The summed E-state index contributed by atoms with van der Waals surface area (Å²) >= 11 is 0. The number of amides is 1. The number of aromatic nitrogens is 2. The van der Waals surface area contributed by atoms with Crippen molar-refractivity contribution in [1.29, 1.82) is 0 Å². The zero-order valence-corrected chi connectivity index (χ0v) is 16.0. The van der Waals surface area contributed by atoms with Gasteiger partial charge in [0.15, 0.2) is 0 Å². The van der Waals surface area contributed by atoms with E-state index in [1.54, 1.807) is 51.4 Å². The molecule has 0 radical (unpaired) electrons. The summed E-state index contributed by atoms with van der Waals surface area (Å²) in [4.78, 5) is 19.2. The summed E-state index contributed by atoms with van der Waals surface area (Å²) in [6, 6.07) is 7.11. The minimum Gasteiger partial charge on any atom is -0.444 e. The number of halogens is 1. The van der Waals surface area contributed by atoms with Gasteiger partial charge in [0.05, 0.1) is 0 Å². The van der Waals surface area contributed by atoms with Crippen molar-refractivity contribution in [2.75, 3.05) is 11.1 Å². The number of nitrogens with two attached hydrogens (primary N) is 3. The molecule has 9 heteroatoms. The Hall–Kier alpha value is -2.42. The van der Waals surface area contributed by atoms with Crippen LogP contribution in [-0.2, 0) is 17.8 Å². The quantitative estimate of drug-likeness (QED) is 0.622. The van der Waals surface area contributed by atoms with Crippen molar-refractivity contribution < 1.29 is 9.53 Å². The fraction of sp³-hybridized carbons (Fsp3) is 0.389. The Bertz CT molecular complexity index is 692. The van der Waals surface area contributed by atoms with Crippen LogP contribution >= 0.6 is 12.4 Å². The summed E-state index contributed by atoms with van der Waals surface area (Å²) in [5.74, 6) is 0.968. The third-order valence-corrected chi connectivity index (χ3v) is 2.77. The third kappa shape index (κ3) is 11.7. The molecule has 2 rings (SSSR count). The highest BCUT2D eigenvalue weighted by atomic mass is 35.5. The molecule has 1 amide bonds. The number of pyridine rings is 2. The maximum Gasteiger partial charge on any atom is 0.413 e. The van der Waals surface area contributed by atoms with Crippen LogP contribution in [0.1, 0.15) is 39.3 Å². The number of hydrogen-bond donors (Lipinski definition) is 4. The predicted molar refractivity (Wildman–Crippen MR) is 113 cm³/mol. The summed E-state index contributed by atoms with van der Waals surface area (Å²) in [7, 11) is 0. The molecule has 0 spiro atoms. The van der Waals surface area contributed by atoms with E-state index in [9.17, 15) is 4.79 Å². The fourth-order valence-electron chi connectivity index (χ4n) is 1.70. The normalized spacial score (nSPS) is 9.67. The Balaban J connectivity index is 0. The summed E-state index contributed by atoms with van der Waals surface area (Å²) in [5.41, 5.74) is 17.6. The Morgan fingerprint density at radius 3 is 2.04 bits per heavy atom. The van der Waals surface area contributed by atoms with Gasteiger partial charge in [-0.3, -0.25) is 5.32 Å². The van der Waals surface area contributed by atoms with Crippen LogP contribution in [0.3, 0.4) is 0 Å². The van der Waals surface area contributed by atoms with Crippen LogP contribution in [0.2, 0.25) is 0 Å². The first-order valence-electron chi connectivity index (χ1n) is 7.79. The number of nitrogens with one attached hydrogen (secondary N) is 1. The van der Waals surface area contributed by atoms with Gasteiger partial charge in [0.1, 0.15) is 17.2 Å². The first kappa shape index (κ1) is 26.8. The number of carbonyl (C=O) groups is 1. The van der Waals surface area contributed by atoms with Crippen molar-refractivity contribution in [1.82, 2.24) is 9.97 Å². The molecule has 27 heavy (non-hydrogen) atoms. The fourth-order valence-corrected chi connectivity index (χ4v) is 1.70. The second-order valence-corrected chi connectivity index (χ2v) is 6.17. The Morgan fingerprint density at radius 2 is 1.59 bits per heavy atom. The zero-order chi connectivity index (χ0) is 18.9. The SMILES string of the molecule is C.CC(C)(C)OC(=O)Nc1cc(CN)ccn1.Cl.NCc1ccnc(N)c1. The average molecular weight is 399 g/mol. The average Bonchev–Trinajstić information content (AvgIpc) is 2.53. The number of nitrogen functional groups attached to an aromatic ring is 1. The van der Waals surface area contributed by atoms with E-state index in [2.05, 4.69) is 15.3 Å². The molecule has 0 aromatic carbocycles. The summed E-state index contributed by atoms with van der Waals surface area (Å²) < 4.78 is 5.09. The molecule has 0 saturated heterocycles. The summed E-state index contributed by atoms with van der Waals surface area (Å²) in [6.45, 7) is 6.33. The Labute approximate surface area is 167 Å². The largest absolute Gasteiger partial charge is 0.444 e. The maximum absolute atomic E-state index is 11.4. The van der Waals surface area contributed by atoms with Crippen molar-refractivity contribution >= 4 is 30.1 Å². The molecule has 0 fully saturated rings. The molecule has 0 saturated carbocycles. The van der Waals surface area contributed by atoms with Crippen LogP contribution in [-0.4, -0.2) is 21.7 Å². The van der Waals surface area contributed by atoms with E-state index in [4.69, 9.17) is 21.9 Å². The van der Waals surface area contributed by atoms with Crippen LogP contribution in [0.5, 0.6) is 0 Å². The van der Waals surface area contributed by atoms with Crippen LogP contribution in [0.4, 0.5) is 16.4 Å². The highest BCUT2D eigenvalue weighted by molar-refractivity contribution is 5.85. The first-order valence-corrected chi connectivity index (χ1v) is 7.79. The van der Waals surface area contributed by atoms with E-state index in [1.807, 2.05) is 6.07 Å². The minimum atomic E-state index is -0.519. The molecule has 152 valence electrons. The number of ether oxygens (including phenoxy) is 1. The molecule has 0 bridgehead atoms. The second kappa shape index (κ2) is 12.9. The summed E-state index contributed by atoms with van der Waals surface area (Å²) in [6.07, 6.45) is 2.72. The molecule has 8 nitrogen and oxygen atoms in total. The molecule has 0 aliphatic carbocycles. The van der Waals surface area contributed by atoms with Crippen LogP contribution < -0.4 is 22.5 Å². The van der Waals surface area contributed by atoms with Gasteiger partial charge in [0, 0.05) is 25.5 Å². The minimum absolute atomic E-state index is 0. The molecule has 2 aromatic rings. The molecule has 2 heterocycles. The molecule has 7 N–H and O–H groups in total. The van der Waals surface area contributed by atoms with E-state index in [-0.39, 0.29) is 19.8 Å². The van der Waals surface area contributed by atoms with E-state index in [1.165, 1.54) is 0 Å². The topological polar surface area (TPSA) is 142 Å². The second-order valence-electron chi connectivity index (χ2n) is 6.17. The third-order valence-electron chi connectivity index (χ3n) is 2.77. The highest BCUT2D eigenvalue weighted by Crippen LogP contribution is 2.10. The van der Waals surface area contributed by atoms with Gasteiger partial charge in [0.25, 0.3) is 0 Å². The number of nitrogens with zero attached hydrogens (tertiary/aromatic N) is 2. The van der Waals surface area contributed by atoms with Gasteiger partial charge >= 0.3 is 6.09 Å². The number of rotatable bonds is 3. The first-order chi connectivity index (χ1) is 11.7. The van der Waals surface area contributed by atoms with Gasteiger partial charge < -0.3 is 21.9 Å². The van der Waals surface area contributed by atoms with E-state index in [0.717, 1.165) is 11.1 Å². The lowest BCUT2D eigenvalue weighted by atomic mass is 10.2. The Morgan fingerprint density at radius 1 is 1.07 bits per heavy atom. The molecule has 0 atom stereocenters. The van der Waals surface area contributed by atoms with Gasteiger partial charge in [-0.2, -0.15) is 0 Å². The lowest BCUT2D eigenvalue weighted by Crippen LogP contribution is -2.27. The van der Waals surface area contributed by atoms with Crippen molar-refractivity contribution in [3.8, 4) is 0 Å². The van der Waals surface area contributed by atoms with Gasteiger partial charge in [-0.25, -0.2) is 14.8 Å². The highest BCUT2D eigenvalue weighted by Gasteiger charge is 2.16. The molecule has 0 unspecified atom stereocenters. The molecular weight excluding hydrogens is 368 g/mol. The molecule has 0 aliphatic heterocycles. The van der Waals surface area contributed by atoms with Gasteiger partial charge in [-0.15, -0.1) is 12.4 Å². The molecular formula is C18H31ClN6O2. The van der Waals surface area contributed by atoms with Crippen LogP contribution in [0, 0.1) is 0 Å². The number of carbonyl (C=O) groups excluding carboxylic acids is 1. The predicted octanol–water partition coefficient (Wildman–Crippen LogP) is 3.07. The van der Waals surface area contributed by atoms with E-state index in [0.29, 0.717) is 24.7 Å². The van der Waals surface area contributed by atoms with Crippen molar-refractivity contribution in [2.24, 2.45) is 11.5 Å². The Kier molecular flexibility index (Phi) is 12.8. The monoisotopic (exact) mass is 398 g/mol.